The maximum Gasteiger partial charge on any atom is 0.337 e. The van der Waals surface area contributed by atoms with Crippen LogP contribution in [0.25, 0.3) is 0 Å². The molecule has 0 saturated carbocycles. The fourth-order valence-electron chi connectivity index (χ4n) is 3.49. The summed E-state index contributed by atoms with van der Waals surface area (Å²) in [5.41, 5.74) is 3.48. The number of ether oxygens (including phenoxy) is 1. The van der Waals surface area contributed by atoms with E-state index in [1.54, 1.807) is 28.9 Å². The summed E-state index contributed by atoms with van der Waals surface area (Å²) >= 11 is 0. The lowest BCUT2D eigenvalue weighted by Gasteiger charge is -2.28. The lowest BCUT2D eigenvalue weighted by Crippen LogP contribution is -2.34. The second-order valence-electron chi connectivity index (χ2n) is 6.88. The number of nitrogens with one attached hydrogen (secondary N) is 2. The van der Waals surface area contributed by atoms with E-state index >= 15 is 0 Å². The van der Waals surface area contributed by atoms with Gasteiger partial charge in [0.15, 0.2) is 0 Å². The molecular weight excluding hydrogens is 382 g/mol. The number of carbonyl (C=O) groups excluding carboxylic acids is 2. The Balaban J connectivity index is 1.66. The molecule has 1 amide bonds. The Labute approximate surface area is 173 Å². The van der Waals surface area contributed by atoms with Crippen molar-refractivity contribution in [3.63, 3.8) is 0 Å². The number of methoxy groups -OCH3 is 1. The van der Waals surface area contributed by atoms with Crippen molar-refractivity contribution in [2.24, 2.45) is 0 Å². The smallest absolute Gasteiger partial charge is 0.337 e. The summed E-state index contributed by atoms with van der Waals surface area (Å²) < 4.78 is 6.43. The zero-order valence-electron chi connectivity index (χ0n) is 16.6. The molecule has 0 fully saturated rings. The summed E-state index contributed by atoms with van der Waals surface area (Å²) in [5, 5.41) is 10.4. The average molecular weight is 403 g/mol. The van der Waals surface area contributed by atoms with Gasteiger partial charge in [0.1, 0.15) is 12.4 Å². The Morgan fingerprint density at radius 2 is 1.87 bits per heavy atom. The molecule has 4 rings (SSSR count). The van der Waals surface area contributed by atoms with Gasteiger partial charge in [0.25, 0.3) is 5.91 Å². The molecule has 3 aromatic rings. The summed E-state index contributed by atoms with van der Waals surface area (Å²) in [6, 6.07) is 16.2. The van der Waals surface area contributed by atoms with E-state index in [0.29, 0.717) is 29.3 Å². The minimum Gasteiger partial charge on any atom is -0.465 e. The lowest BCUT2D eigenvalue weighted by molar-refractivity contribution is -0.118. The van der Waals surface area contributed by atoms with Gasteiger partial charge in [-0.05, 0) is 30.2 Å². The number of fused-ring (bicyclic) bond motifs is 1. The number of hydrogen-bond donors (Lipinski definition) is 2. The van der Waals surface area contributed by atoms with Crippen LogP contribution in [0.5, 0.6) is 0 Å². The first-order chi connectivity index (χ1) is 14.6. The van der Waals surface area contributed by atoms with Gasteiger partial charge in [0, 0.05) is 12.2 Å². The van der Waals surface area contributed by atoms with Crippen molar-refractivity contribution in [1.29, 1.82) is 0 Å². The van der Waals surface area contributed by atoms with E-state index < -0.39 is 12.0 Å². The molecule has 8 nitrogen and oxygen atoms in total. The maximum absolute atomic E-state index is 13.2. The summed E-state index contributed by atoms with van der Waals surface area (Å²) in [4.78, 5) is 29.2. The summed E-state index contributed by atoms with van der Waals surface area (Å²) in [6.45, 7) is 2.25. The number of allylic oxidation sites excluding steroid dienone is 1. The van der Waals surface area contributed by atoms with Crippen molar-refractivity contribution >= 4 is 17.8 Å². The van der Waals surface area contributed by atoms with E-state index in [-0.39, 0.29) is 5.91 Å². The van der Waals surface area contributed by atoms with Gasteiger partial charge in [-0.3, -0.25) is 4.79 Å². The Morgan fingerprint density at radius 1 is 1.13 bits per heavy atom. The molecule has 0 saturated heterocycles. The van der Waals surface area contributed by atoms with Gasteiger partial charge in [-0.1, -0.05) is 42.5 Å². The fourth-order valence-corrected chi connectivity index (χ4v) is 3.49. The monoisotopic (exact) mass is 403 g/mol. The van der Waals surface area contributed by atoms with Crippen molar-refractivity contribution < 1.29 is 14.3 Å². The van der Waals surface area contributed by atoms with Crippen LogP contribution in [0.4, 0.5) is 5.95 Å². The average Bonchev–Trinajstić information content (AvgIpc) is 3.24. The Hall–Kier alpha value is -3.94. The highest BCUT2D eigenvalue weighted by Crippen LogP contribution is 2.34. The first-order valence-corrected chi connectivity index (χ1v) is 9.46. The molecule has 2 N–H and O–H groups in total. The van der Waals surface area contributed by atoms with Gasteiger partial charge in [0.05, 0.1) is 18.2 Å². The van der Waals surface area contributed by atoms with Crippen LogP contribution in [0.2, 0.25) is 0 Å². The van der Waals surface area contributed by atoms with Gasteiger partial charge in [-0.2, -0.15) is 10.1 Å². The molecule has 2 heterocycles. The van der Waals surface area contributed by atoms with E-state index in [2.05, 4.69) is 20.7 Å². The quantitative estimate of drug-likeness (QED) is 0.636. The Bertz CT molecular complexity index is 1100. The number of anilines is 1. The van der Waals surface area contributed by atoms with E-state index in [1.165, 1.54) is 13.4 Å². The van der Waals surface area contributed by atoms with E-state index in [0.717, 1.165) is 11.1 Å². The normalized spacial score (nSPS) is 15.2. The first kappa shape index (κ1) is 19.4. The molecule has 1 aromatic heterocycles. The van der Waals surface area contributed by atoms with E-state index in [9.17, 15) is 9.59 Å². The number of esters is 1. The van der Waals surface area contributed by atoms with Crippen molar-refractivity contribution in [1.82, 2.24) is 20.1 Å². The maximum atomic E-state index is 13.2. The molecule has 8 heteroatoms. The Morgan fingerprint density at radius 3 is 2.57 bits per heavy atom. The minimum atomic E-state index is -0.480. The predicted octanol–water partition coefficient (Wildman–Crippen LogP) is 2.67. The predicted molar refractivity (Wildman–Crippen MR) is 111 cm³/mol. The lowest BCUT2D eigenvalue weighted by atomic mass is 9.94. The molecule has 1 unspecified atom stereocenters. The molecule has 0 aliphatic carbocycles. The van der Waals surface area contributed by atoms with Crippen LogP contribution in [0.3, 0.4) is 0 Å². The number of carbonyl (C=O) groups is 2. The molecule has 1 aliphatic rings. The number of aromatic nitrogens is 3. The van der Waals surface area contributed by atoms with Gasteiger partial charge < -0.3 is 15.4 Å². The van der Waals surface area contributed by atoms with Crippen LogP contribution in [-0.2, 0) is 16.1 Å². The van der Waals surface area contributed by atoms with Crippen LogP contribution < -0.4 is 10.6 Å². The largest absolute Gasteiger partial charge is 0.465 e. The zero-order valence-corrected chi connectivity index (χ0v) is 16.6. The van der Waals surface area contributed by atoms with Crippen LogP contribution in [0, 0.1) is 0 Å². The number of hydrogen-bond acceptors (Lipinski definition) is 6. The Kier molecular flexibility index (Phi) is 5.30. The standard InChI is InChI=1S/C22H21N5O3/c1-14-18(20(28)23-12-15-6-4-3-5-7-15)19(27-22(26-14)24-13-25-27)16-8-10-17(11-9-16)21(29)30-2/h3-11,13,19H,12H2,1-2H3,(H,23,28)(H,24,25,26). The SMILES string of the molecule is COC(=O)c1ccc(C2C(C(=O)NCc3ccccc3)=C(C)Nc3ncnn32)cc1. The summed E-state index contributed by atoms with van der Waals surface area (Å²) in [5.74, 6) is -0.0675. The number of nitrogens with zero attached hydrogens (tertiary/aromatic N) is 3. The second-order valence-corrected chi connectivity index (χ2v) is 6.88. The molecular formula is C22H21N5O3. The highest BCUT2D eigenvalue weighted by molar-refractivity contribution is 5.96. The van der Waals surface area contributed by atoms with Gasteiger partial charge in [-0.25, -0.2) is 9.48 Å². The fraction of sp³-hybridized carbons (Fsp3) is 0.182. The topological polar surface area (TPSA) is 98.1 Å². The van der Waals surface area contributed by atoms with E-state index in [4.69, 9.17) is 4.74 Å². The second kappa shape index (κ2) is 8.20. The summed E-state index contributed by atoms with van der Waals surface area (Å²) in [7, 11) is 1.34. The zero-order chi connectivity index (χ0) is 21.1. The van der Waals surface area contributed by atoms with Gasteiger partial charge >= 0.3 is 5.97 Å². The van der Waals surface area contributed by atoms with Crippen molar-refractivity contribution in [3.05, 3.63) is 88.9 Å². The van der Waals surface area contributed by atoms with Gasteiger partial charge in [0.2, 0.25) is 5.95 Å². The third-order valence-corrected chi connectivity index (χ3v) is 4.98. The van der Waals surface area contributed by atoms with Gasteiger partial charge in [-0.15, -0.1) is 0 Å². The molecule has 30 heavy (non-hydrogen) atoms. The van der Waals surface area contributed by atoms with Crippen LogP contribution in [0.1, 0.15) is 34.5 Å². The number of amides is 1. The third-order valence-electron chi connectivity index (χ3n) is 4.98. The molecule has 0 radical (unpaired) electrons. The van der Waals surface area contributed by atoms with Crippen molar-refractivity contribution in [2.75, 3.05) is 12.4 Å². The molecule has 1 atom stereocenters. The number of rotatable bonds is 5. The number of benzene rings is 2. The van der Waals surface area contributed by atoms with Crippen molar-refractivity contribution in [2.45, 2.75) is 19.5 Å². The highest BCUT2D eigenvalue weighted by atomic mass is 16.5. The van der Waals surface area contributed by atoms with E-state index in [1.807, 2.05) is 37.3 Å². The molecule has 1 aliphatic heterocycles. The van der Waals surface area contributed by atoms with Crippen LogP contribution >= 0.6 is 0 Å². The first-order valence-electron chi connectivity index (χ1n) is 9.46. The van der Waals surface area contributed by atoms with Crippen LogP contribution in [0.15, 0.2) is 72.2 Å². The molecule has 2 aromatic carbocycles. The third kappa shape index (κ3) is 3.67. The molecule has 0 bridgehead atoms. The minimum absolute atomic E-state index is 0.202. The van der Waals surface area contributed by atoms with Crippen LogP contribution in [-0.4, -0.2) is 33.8 Å². The van der Waals surface area contributed by atoms with Crippen molar-refractivity contribution in [3.8, 4) is 0 Å². The molecule has 152 valence electrons. The molecule has 0 spiro atoms. The summed E-state index contributed by atoms with van der Waals surface area (Å²) in [6.07, 6.45) is 1.44. The highest BCUT2D eigenvalue weighted by Gasteiger charge is 2.33.